The summed E-state index contributed by atoms with van der Waals surface area (Å²) < 4.78 is 5.40. The fourth-order valence-electron chi connectivity index (χ4n) is 1.71. The number of fused-ring (bicyclic) bond motifs is 1. The molecule has 1 aliphatic rings. The van der Waals surface area contributed by atoms with Crippen LogP contribution < -0.4 is 15.4 Å². The third-order valence-electron chi connectivity index (χ3n) is 2.51. The van der Waals surface area contributed by atoms with Crippen molar-refractivity contribution in [3.8, 4) is 5.75 Å². The minimum atomic E-state index is -0.0132. The minimum Gasteiger partial charge on any atom is -0.493 e. The number of benzene rings is 1. The predicted molar refractivity (Wildman–Crippen MR) is 62.8 cm³/mol. The van der Waals surface area contributed by atoms with Crippen LogP contribution in [-0.4, -0.2) is 25.6 Å². The van der Waals surface area contributed by atoms with Gasteiger partial charge >= 0.3 is 0 Å². The molecular weight excluding hydrogens is 204 g/mol. The van der Waals surface area contributed by atoms with E-state index in [0.717, 1.165) is 31.0 Å². The Morgan fingerprint density at radius 2 is 2.38 bits per heavy atom. The number of carbonyl (C=O) groups is 1. The van der Waals surface area contributed by atoms with Gasteiger partial charge in [-0.15, -0.1) is 0 Å². The fourth-order valence-corrected chi connectivity index (χ4v) is 1.71. The van der Waals surface area contributed by atoms with Gasteiger partial charge in [0.25, 0.3) is 0 Å². The maximum absolute atomic E-state index is 11.5. The van der Waals surface area contributed by atoms with Crippen molar-refractivity contribution < 1.29 is 9.53 Å². The highest BCUT2D eigenvalue weighted by atomic mass is 16.5. The van der Waals surface area contributed by atoms with Crippen LogP contribution in [0.4, 0.5) is 5.69 Å². The van der Waals surface area contributed by atoms with E-state index in [-0.39, 0.29) is 5.91 Å². The maximum Gasteiger partial charge on any atom is 0.238 e. The molecular formula is C12H16N2O2. The van der Waals surface area contributed by atoms with Crippen molar-refractivity contribution in [3.05, 3.63) is 23.8 Å². The molecule has 0 aliphatic carbocycles. The van der Waals surface area contributed by atoms with Crippen molar-refractivity contribution in [2.75, 3.05) is 25.0 Å². The third-order valence-corrected chi connectivity index (χ3v) is 2.51. The quantitative estimate of drug-likeness (QED) is 0.800. The molecule has 1 aliphatic heterocycles. The Balaban J connectivity index is 1.97. The largest absolute Gasteiger partial charge is 0.493 e. The van der Waals surface area contributed by atoms with Crippen LogP contribution in [-0.2, 0) is 11.2 Å². The van der Waals surface area contributed by atoms with Gasteiger partial charge in [-0.3, -0.25) is 4.79 Å². The third kappa shape index (κ3) is 2.52. The molecule has 0 saturated carbocycles. The molecule has 0 aromatic heterocycles. The molecule has 0 bridgehead atoms. The summed E-state index contributed by atoms with van der Waals surface area (Å²) in [6, 6.07) is 5.76. The van der Waals surface area contributed by atoms with Crippen molar-refractivity contribution in [1.29, 1.82) is 0 Å². The lowest BCUT2D eigenvalue weighted by molar-refractivity contribution is -0.115. The Bertz CT molecular complexity index is 391. The number of nitrogens with one attached hydrogen (secondary N) is 2. The van der Waals surface area contributed by atoms with Gasteiger partial charge in [0.05, 0.1) is 13.2 Å². The number of amides is 1. The number of likely N-dealkylation sites (N-methyl/N-ethyl adjacent to an activating group) is 1. The van der Waals surface area contributed by atoms with Crippen LogP contribution in [0.2, 0.25) is 0 Å². The normalized spacial score (nSPS) is 13.1. The van der Waals surface area contributed by atoms with E-state index in [1.54, 1.807) is 0 Å². The van der Waals surface area contributed by atoms with Gasteiger partial charge in [-0.05, 0) is 30.3 Å². The lowest BCUT2D eigenvalue weighted by atomic mass is 10.1. The summed E-state index contributed by atoms with van der Waals surface area (Å²) in [4.78, 5) is 11.5. The van der Waals surface area contributed by atoms with Crippen LogP contribution in [0.25, 0.3) is 0 Å². The van der Waals surface area contributed by atoms with Crippen LogP contribution in [0.1, 0.15) is 12.5 Å². The molecule has 0 fully saturated rings. The van der Waals surface area contributed by atoms with Gasteiger partial charge in [0.15, 0.2) is 0 Å². The first-order valence-corrected chi connectivity index (χ1v) is 5.56. The van der Waals surface area contributed by atoms with Gasteiger partial charge in [-0.2, -0.15) is 0 Å². The van der Waals surface area contributed by atoms with Crippen LogP contribution in [0.15, 0.2) is 18.2 Å². The highest BCUT2D eigenvalue weighted by Crippen LogP contribution is 2.27. The Morgan fingerprint density at radius 3 is 3.19 bits per heavy atom. The first-order valence-electron chi connectivity index (χ1n) is 5.56. The summed E-state index contributed by atoms with van der Waals surface area (Å²) in [7, 11) is 0. The first kappa shape index (κ1) is 11.0. The summed E-state index contributed by atoms with van der Waals surface area (Å²) in [5, 5.41) is 5.83. The molecule has 16 heavy (non-hydrogen) atoms. The highest BCUT2D eigenvalue weighted by Gasteiger charge is 2.12. The number of anilines is 1. The van der Waals surface area contributed by atoms with Crippen molar-refractivity contribution >= 4 is 11.6 Å². The van der Waals surface area contributed by atoms with E-state index < -0.39 is 0 Å². The average Bonchev–Trinajstić information content (AvgIpc) is 2.73. The zero-order valence-electron chi connectivity index (χ0n) is 9.38. The van der Waals surface area contributed by atoms with E-state index in [0.29, 0.717) is 6.54 Å². The van der Waals surface area contributed by atoms with Crippen molar-refractivity contribution in [2.24, 2.45) is 0 Å². The van der Waals surface area contributed by atoms with E-state index >= 15 is 0 Å². The summed E-state index contributed by atoms with van der Waals surface area (Å²) in [6.45, 7) is 3.86. The Hall–Kier alpha value is -1.55. The van der Waals surface area contributed by atoms with E-state index in [4.69, 9.17) is 4.74 Å². The molecule has 4 nitrogen and oxygen atoms in total. The molecule has 86 valence electrons. The SMILES string of the molecule is CCNCC(=O)Nc1ccc2c(c1)CCO2. The van der Waals surface area contributed by atoms with E-state index in [9.17, 15) is 4.79 Å². The van der Waals surface area contributed by atoms with Crippen LogP contribution in [0.5, 0.6) is 5.75 Å². The van der Waals surface area contributed by atoms with Gasteiger partial charge in [0.2, 0.25) is 5.91 Å². The molecule has 1 amide bonds. The molecule has 0 spiro atoms. The molecule has 4 heteroatoms. The fraction of sp³-hybridized carbons (Fsp3) is 0.417. The second kappa shape index (κ2) is 4.99. The molecule has 0 atom stereocenters. The maximum atomic E-state index is 11.5. The lowest BCUT2D eigenvalue weighted by Crippen LogP contribution is -2.27. The molecule has 0 radical (unpaired) electrons. The number of ether oxygens (including phenoxy) is 1. The Kier molecular flexibility index (Phi) is 3.41. The zero-order valence-corrected chi connectivity index (χ0v) is 9.38. The van der Waals surface area contributed by atoms with Crippen molar-refractivity contribution in [3.63, 3.8) is 0 Å². The molecule has 2 N–H and O–H groups in total. The standard InChI is InChI=1S/C12H16N2O2/c1-2-13-8-12(15)14-10-3-4-11-9(7-10)5-6-16-11/h3-4,7,13H,2,5-6,8H2,1H3,(H,14,15). The summed E-state index contributed by atoms with van der Waals surface area (Å²) in [5.74, 6) is 0.922. The smallest absolute Gasteiger partial charge is 0.238 e. The van der Waals surface area contributed by atoms with Gasteiger partial charge in [-0.25, -0.2) is 0 Å². The molecule has 2 rings (SSSR count). The van der Waals surface area contributed by atoms with Crippen LogP contribution in [0.3, 0.4) is 0 Å². The summed E-state index contributed by atoms with van der Waals surface area (Å²) in [5.41, 5.74) is 2.01. The lowest BCUT2D eigenvalue weighted by Gasteiger charge is -2.06. The molecule has 0 saturated heterocycles. The number of hydrogen-bond acceptors (Lipinski definition) is 3. The number of hydrogen-bond donors (Lipinski definition) is 2. The second-order valence-corrected chi connectivity index (χ2v) is 3.75. The van der Waals surface area contributed by atoms with Crippen LogP contribution >= 0.6 is 0 Å². The number of rotatable bonds is 4. The van der Waals surface area contributed by atoms with Crippen molar-refractivity contribution in [2.45, 2.75) is 13.3 Å². The summed E-state index contributed by atoms with van der Waals surface area (Å²) in [6.07, 6.45) is 0.923. The van der Waals surface area contributed by atoms with E-state index in [1.165, 1.54) is 5.56 Å². The molecule has 1 aromatic rings. The highest BCUT2D eigenvalue weighted by molar-refractivity contribution is 5.92. The molecule has 1 heterocycles. The summed E-state index contributed by atoms with van der Waals surface area (Å²) >= 11 is 0. The first-order chi connectivity index (χ1) is 7.79. The molecule has 0 unspecified atom stereocenters. The van der Waals surface area contributed by atoms with Crippen LogP contribution in [0, 0.1) is 0 Å². The van der Waals surface area contributed by atoms with Gasteiger partial charge in [0.1, 0.15) is 5.75 Å². The molecule has 1 aromatic carbocycles. The zero-order chi connectivity index (χ0) is 11.4. The second-order valence-electron chi connectivity index (χ2n) is 3.75. The topological polar surface area (TPSA) is 50.4 Å². The monoisotopic (exact) mass is 220 g/mol. The van der Waals surface area contributed by atoms with E-state index in [1.807, 2.05) is 25.1 Å². The van der Waals surface area contributed by atoms with Gasteiger partial charge < -0.3 is 15.4 Å². The predicted octanol–water partition coefficient (Wildman–Crippen LogP) is 1.17. The van der Waals surface area contributed by atoms with Gasteiger partial charge in [-0.1, -0.05) is 6.92 Å². The van der Waals surface area contributed by atoms with E-state index in [2.05, 4.69) is 10.6 Å². The average molecular weight is 220 g/mol. The van der Waals surface area contributed by atoms with Gasteiger partial charge in [0, 0.05) is 12.1 Å². The Labute approximate surface area is 95.0 Å². The number of carbonyl (C=O) groups excluding carboxylic acids is 1. The van der Waals surface area contributed by atoms with Crippen molar-refractivity contribution in [1.82, 2.24) is 5.32 Å². The Morgan fingerprint density at radius 1 is 1.50 bits per heavy atom. The minimum absolute atomic E-state index is 0.0132.